The highest BCUT2D eigenvalue weighted by Crippen LogP contribution is 2.27. The van der Waals surface area contributed by atoms with E-state index >= 15 is 0 Å². The van der Waals surface area contributed by atoms with Gasteiger partial charge in [0.2, 0.25) is 0 Å². The van der Waals surface area contributed by atoms with Crippen molar-refractivity contribution in [1.82, 2.24) is 4.98 Å². The van der Waals surface area contributed by atoms with Gasteiger partial charge < -0.3 is 5.73 Å². The Kier molecular flexibility index (Phi) is 4.32. The van der Waals surface area contributed by atoms with Gasteiger partial charge in [-0.05, 0) is 41.8 Å². The Morgan fingerprint density at radius 3 is 2.89 bits per heavy atom. The highest BCUT2D eigenvalue weighted by atomic mass is 79.9. The van der Waals surface area contributed by atoms with Crippen LogP contribution in [0.1, 0.15) is 17.2 Å². The first kappa shape index (κ1) is 13.5. The quantitative estimate of drug-likeness (QED) is 0.928. The molecule has 0 spiro atoms. The third kappa shape index (κ3) is 3.07. The van der Waals surface area contributed by atoms with E-state index in [1.54, 1.807) is 18.5 Å². The predicted molar refractivity (Wildman–Crippen MR) is 74.0 cm³/mol. The average Bonchev–Trinajstić information content (AvgIpc) is 2.35. The molecule has 94 valence electrons. The number of pyridine rings is 1. The molecule has 0 aliphatic heterocycles. The van der Waals surface area contributed by atoms with Crippen molar-refractivity contribution in [3.8, 4) is 0 Å². The maximum atomic E-state index is 13.2. The van der Waals surface area contributed by atoms with Crippen molar-refractivity contribution in [3.63, 3.8) is 0 Å². The van der Waals surface area contributed by atoms with Gasteiger partial charge in [-0.15, -0.1) is 0 Å². The van der Waals surface area contributed by atoms with E-state index in [0.29, 0.717) is 11.4 Å². The van der Waals surface area contributed by atoms with E-state index in [1.807, 2.05) is 6.07 Å². The maximum absolute atomic E-state index is 13.2. The molecule has 18 heavy (non-hydrogen) atoms. The van der Waals surface area contributed by atoms with Gasteiger partial charge in [-0.1, -0.05) is 27.5 Å². The lowest BCUT2D eigenvalue weighted by Crippen LogP contribution is -2.14. The summed E-state index contributed by atoms with van der Waals surface area (Å²) in [5, 5.41) is 0.570. The summed E-state index contributed by atoms with van der Waals surface area (Å²) in [5.41, 5.74) is 7.71. The molecule has 2 aromatic rings. The number of hydrogen-bond donors (Lipinski definition) is 1. The molecular weight excluding hydrogens is 319 g/mol. The monoisotopic (exact) mass is 328 g/mol. The molecule has 0 radical (unpaired) electrons. The van der Waals surface area contributed by atoms with Gasteiger partial charge in [-0.3, -0.25) is 4.98 Å². The Hall–Kier alpha value is -0.970. The summed E-state index contributed by atoms with van der Waals surface area (Å²) >= 11 is 9.39. The van der Waals surface area contributed by atoms with Crippen LogP contribution < -0.4 is 5.73 Å². The maximum Gasteiger partial charge on any atom is 0.123 e. The lowest BCUT2D eigenvalue weighted by atomic mass is 10.0. The van der Waals surface area contributed by atoms with Crippen LogP contribution in [0.15, 0.2) is 41.1 Å². The van der Waals surface area contributed by atoms with E-state index in [2.05, 4.69) is 20.9 Å². The van der Waals surface area contributed by atoms with Crippen LogP contribution in [-0.4, -0.2) is 4.98 Å². The zero-order valence-corrected chi connectivity index (χ0v) is 11.7. The Morgan fingerprint density at radius 1 is 1.39 bits per heavy atom. The molecule has 0 saturated carbocycles. The first-order chi connectivity index (χ1) is 8.58. The molecule has 2 rings (SSSR count). The Balaban J connectivity index is 2.25. The van der Waals surface area contributed by atoms with Crippen molar-refractivity contribution in [1.29, 1.82) is 0 Å². The minimum absolute atomic E-state index is 0.301. The summed E-state index contributed by atoms with van der Waals surface area (Å²) in [6, 6.07) is 5.97. The lowest BCUT2D eigenvalue weighted by Gasteiger charge is -2.14. The topological polar surface area (TPSA) is 38.9 Å². The Bertz CT molecular complexity index is 562. The number of nitrogens with two attached hydrogens (primary N) is 1. The summed E-state index contributed by atoms with van der Waals surface area (Å²) in [6.07, 6.45) is 3.77. The fourth-order valence-corrected chi connectivity index (χ4v) is 2.45. The van der Waals surface area contributed by atoms with Gasteiger partial charge in [0.05, 0.1) is 5.02 Å². The standard InChI is InChI=1S/C13H11BrClFN2/c14-11-2-1-9(16)6-10(11)13(17)5-8-3-4-18-7-12(8)15/h1-4,6-7,13H,5,17H2. The molecule has 1 aromatic carbocycles. The van der Waals surface area contributed by atoms with Crippen LogP contribution in [-0.2, 0) is 6.42 Å². The van der Waals surface area contributed by atoms with E-state index in [-0.39, 0.29) is 11.9 Å². The van der Waals surface area contributed by atoms with Crippen LogP contribution in [0.25, 0.3) is 0 Å². The van der Waals surface area contributed by atoms with Crippen molar-refractivity contribution in [2.75, 3.05) is 0 Å². The summed E-state index contributed by atoms with van der Waals surface area (Å²) in [6.45, 7) is 0. The highest BCUT2D eigenvalue weighted by Gasteiger charge is 2.13. The summed E-state index contributed by atoms with van der Waals surface area (Å²) in [4.78, 5) is 3.91. The molecule has 1 atom stereocenters. The highest BCUT2D eigenvalue weighted by molar-refractivity contribution is 9.10. The molecule has 2 N–H and O–H groups in total. The van der Waals surface area contributed by atoms with Gasteiger partial charge in [-0.2, -0.15) is 0 Å². The molecule has 0 saturated heterocycles. The summed E-state index contributed by atoms with van der Waals surface area (Å²) in [5.74, 6) is -0.301. The largest absolute Gasteiger partial charge is 0.324 e. The van der Waals surface area contributed by atoms with Gasteiger partial charge in [0.1, 0.15) is 5.82 Å². The smallest absolute Gasteiger partial charge is 0.123 e. The first-order valence-corrected chi connectivity index (χ1v) is 6.54. The number of nitrogens with zero attached hydrogens (tertiary/aromatic N) is 1. The zero-order chi connectivity index (χ0) is 13.1. The molecular formula is C13H11BrClFN2. The van der Waals surface area contributed by atoms with Gasteiger partial charge in [-0.25, -0.2) is 4.39 Å². The minimum atomic E-state index is -0.324. The second-order valence-electron chi connectivity index (χ2n) is 3.94. The van der Waals surface area contributed by atoms with E-state index < -0.39 is 0 Å². The SMILES string of the molecule is NC(Cc1ccncc1Cl)c1cc(F)ccc1Br. The van der Waals surface area contributed by atoms with E-state index in [1.165, 1.54) is 12.1 Å². The minimum Gasteiger partial charge on any atom is -0.324 e. The molecule has 0 fully saturated rings. The third-order valence-corrected chi connectivity index (χ3v) is 3.72. The molecule has 1 heterocycles. The van der Waals surface area contributed by atoms with Crippen LogP contribution in [0.2, 0.25) is 5.02 Å². The van der Waals surface area contributed by atoms with Crippen molar-refractivity contribution in [2.24, 2.45) is 5.73 Å². The molecule has 2 nitrogen and oxygen atoms in total. The van der Waals surface area contributed by atoms with E-state index in [0.717, 1.165) is 15.6 Å². The fourth-order valence-electron chi connectivity index (χ4n) is 1.72. The number of aromatic nitrogens is 1. The van der Waals surface area contributed by atoms with Crippen molar-refractivity contribution < 1.29 is 4.39 Å². The van der Waals surface area contributed by atoms with Gasteiger partial charge in [0.15, 0.2) is 0 Å². The normalized spacial score (nSPS) is 12.4. The molecule has 0 bridgehead atoms. The van der Waals surface area contributed by atoms with Gasteiger partial charge in [0, 0.05) is 22.9 Å². The average molecular weight is 330 g/mol. The van der Waals surface area contributed by atoms with Crippen molar-refractivity contribution in [2.45, 2.75) is 12.5 Å². The molecule has 0 amide bonds. The number of rotatable bonds is 3. The molecule has 5 heteroatoms. The molecule has 1 aromatic heterocycles. The van der Waals surface area contributed by atoms with Crippen LogP contribution >= 0.6 is 27.5 Å². The second-order valence-corrected chi connectivity index (χ2v) is 5.21. The number of benzene rings is 1. The molecule has 0 aliphatic carbocycles. The van der Waals surface area contributed by atoms with Crippen molar-refractivity contribution >= 4 is 27.5 Å². The Morgan fingerprint density at radius 2 is 2.17 bits per heavy atom. The summed E-state index contributed by atoms with van der Waals surface area (Å²) < 4.78 is 14.0. The zero-order valence-electron chi connectivity index (χ0n) is 9.41. The second kappa shape index (κ2) is 5.78. The molecule has 1 unspecified atom stereocenters. The van der Waals surface area contributed by atoms with Crippen molar-refractivity contribution in [3.05, 3.63) is 63.1 Å². The summed E-state index contributed by atoms with van der Waals surface area (Å²) in [7, 11) is 0. The predicted octanol–water partition coefficient (Wildman–Crippen LogP) is 3.88. The van der Waals surface area contributed by atoms with Gasteiger partial charge >= 0.3 is 0 Å². The number of hydrogen-bond acceptors (Lipinski definition) is 2. The van der Waals surface area contributed by atoms with Crippen LogP contribution in [0.4, 0.5) is 4.39 Å². The van der Waals surface area contributed by atoms with Crippen LogP contribution in [0.3, 0.4) is 0 Å². The Labute approximate surface area is 118 Å². The molecule has 0 aliphatic rings. The lowest BCUT2D eigenvalue weighted by molar-refractivity contribution is 0.617. The van der Waals surface area contributed by atoms with Gasteiger partial charge in [0.25, 0.3) is 0 Å². The first-order valence-electron chi connectivity index (χ1n) is 5.37. The third-order valence-electron chi connectivity index (χ3n) is 2.65. The number of halogens is 3. The van der Waals surface area contributed by atoms with Crippen LogP contribution in [0, 0.1) is 5.82 Å². The fraction of sp³-hybridized carbons (Fsp3) is 0.154. The van der Waals surface area contributed by atoms with Crippen LogP contribution in [0.5, 0.6) is 0 Å². The van der Waals surface area contributed by atoms with E-state index in [9.17, 15) is 4.39 Å². The van der Waals surface area contributed by atoms with E-state index in [4.69, 9.17) is 17.3 Å².